The maximum absolute atomic E-state index is 11.9. The molecule has 6 nitrogen and oxygen atoms in total. The van der Waals surface area contributed by atoms with Crippen LogP contribution < -0.4 is 0 Å². The summed E-state index contributed by atoms with van der Waals surface area (Å²) in [5.74, 6) is -0.908. The number of rotatable bonds is 4. The van der Waals surface area contributed by atoms with E-state index in [-0.39, 0.29) is 18.1 Å². The molecule has 1 saturated heterocycles. The van der Waals surface area contributed by atoms with E-state index >= 15 is 0 Å². The molecular weight excluding hydrogens is 258 g/mol. The van der Waals surface area contributed by atoms with Crippen molar-refractivity contribution in [2.24, 2.45) is 0 Å². The third-order valence-electron chi connectivity index (χ3n) is 2.98. The fourth-order valence-corrected chi connectivity index (χ4v) is 2.57. The Hall–Kier alpha value is -1.11. The smallest absolute Gasteiger partial charge is 0.328 e. The summed E-state index contributed by atoms with van der Waals surface area (Å²) in [7, 11) is -1.88. The van der Waals surface area contributed by atoms with E-state index in [2.05, 4.69) is 4.74 Å². The third-order valence-corrected chi connectivity index (χ3v) is 3.93. The van der Waals surface area contributed by atoms with Gasteiger partial charge >= 0.3 is 5.97 Å². The highest BCUT2D eigenvalue weighted by Gasteiger charge is 2.32. The van der Waals surface area contributed by atoms with Crippen LogP contribution in [-0.4, -0.2) is 56.9 Å². The van der Waals surface area contributed by atoms with Gasteiger partial charge in [0.2, 0.25) is 5.91 Å². The number of esters is 1. The second-order valence-corrected chi connectivity index (χ2v) is 6.76. The Morgan fingerprint density at radius 3 is 2.56 bits per heavy atom. The van der Waals surface area contributed by atoms with Crippen LogP contribution in [0.4, 0.5) is 0 Å². The fraction of sp³-hybridized carbons (Fsp3) is 0.818. The molecule has 7 heteroatoms. The first-order chi connectivity index (χ1) is 8.35. The molecule has 0 aromatic carbocycles. The molecule has 104 valence electrons. The monoisotopic (exact) mass is 277 g/mol. The molecule has 1 rings (SSSR count). The molecule has 1 unspecified atom stereocenters. The van der Waals surface area contributed by atoms with Gasteiger partial charge in [-0.05, 0) is 19.3 Å². The number of carbonyl (C=O) groups excluding carboxylic acids is 2. The average molecular weight is 277 g/mol. The first-order valence-corrected chi connectivity index (χ1v) is 7.96. The summed E-state index contributed by atoms with van der Waals surface area (Å²) in [5.41, 5.74) is 0. The molecule has 0 saturated carbocycles. The van der Waals surface area contributed by atoms with Crippen LogP contribution in [0.15, 0.2) is 0 Å². The van der Waals surface area contributed by atoms with Crippen LogP contribution in [0.25, 0.3) is 0 Å². The Kier molecular flexibility index (Phi) is 5.13. The number of sulfone groups is 1. The van der Waals surface area contributed by atoms with Crippen LogP contribution >= 0.6 is 0 Å². The van der Waals surface area contributed by atoms with Crippen molar-refractivity contribution < 1.29 is 22.7 Å². The van der Waals surface area contributed by atoms with Crippen LogP contribution in [0.5, 0.6) is 0 Å². The van der Waals surface area contributed by atoms with Gasteiger partial charge in [0, 0.05) is 19.2 Å². The number of ether oxygens (including phenoxy) is 1. The summed E-state index contributed by atoms with van der Waals surface area (Å²) in [5, 5.41) is 0. The molecule has 1 heterocycles. The van der Waals surface area contributed by atoms with Gasteiger partial charge in [-0.3, -0.25) is 4.79 Å². The van der Waals surface area contributed by atoms with E-state index in [1.54, 1.807) is 0 Å². The topological polar surface area (TPSA) is 80.8 Å². The van der Waals surface area contributed by atoms with Gasteiger partial charge in [0.05, 0.1) is 12.9 Å². The zero-order valence-corrected chi connectivity index (χ0v) is 11.5. The number of carbonyl (C=O) groups is 2. The minimum atomic E-state index is -3.16. The Labute approximate surface area is 107 Å². The molecule has 0 bridgehead atoms. The van der Waals surface area contributed by atoms with Gasteiger partial charge in [-0.25, -0.2) is 13.2 Å². The van der Waals surface area contributed by atoms with E-state index in [9.17, 15) is 18.0 Å². The molecule has 0 N–H and O–H groups in total. The Morgan fingerprint density at radius 2 is 2.00 bits per heavy atom. The van der Waals surface area contributed by atoms with Gasteiger partial charge in [0.15, 0.2) is 0 Å². The lowest BCUT2D eigenvalue weighted by molar-refractivity contribution is -0.154. The Balaban J connectivity index is 2.66. The van der Waals surface area contributed by atoms with Gasteiger partial charge in [-0.2, -0.15) is 0 Å². The number of hydrogen-bond donors (Lipinski definition) is 0. The average Bonchev–Trinajstić information content (AvgIpc) is 2.34. The van der Waals surface area contributed by atoms with Crippen molar-refractivity contribution in [3.63, 3.8) is 0 Å². The second-order valence-electron chi connectivity index (χ2n) is 4.50. The quantitative estimate of drug-likeness (QED) is 0.674. The summed E-state index contributed by atoms with van der Waals surface area (Å²) in [6, 6.07) is -0.559. The Morgan fingerprint density at radius 1 is 1.33 bits per heavy atom. The number of methoxy groups -OCH3 is 1. The molecule has 1 amide bonds. The van der Waals surface area contributed by atoms with Crippen molar-refractivity contribution in [1.29, 1.82) is 0 Å². The number of piperidine rings is 1. The zero-order chi connectivity index (χ0) is 13.8. The molecule has 0 aromatic heterocycles. The Bertz CT molecular complexity index is 417. The van der Waals surface area contributed by atoms with Crippen molar-refractivity contribution in [3.8, 4) is 0 Å². The van der Waals surface area contributed by atoms with Crippen LogP contribution in [0.3, 0.4) is 0 Å². The van der Waals surface area contributed by atoms with E-state index in [0.717, 1.165) is 19.1 Å². The summed E-state index contributed by atoms with van der Waals surface area (Å²) in [6.45, 7) is 0.488. The van der Waals surface area contributed by atoms with Gasteiger partial charge in [0.1, 0.15) is 15.9 Å². The molecule has 1 aliphatic rings. The third kappa shape index (κ3) is 4.29. The van der Waals surface area contributed by atoms with Crippen LogP contribution in [0, 0.1) is 0 Å². The van der Waals surface area contributed by atoms with Crippen molar-refractivity contribution in [1.82, 2.24) is 4.90 Å². The highest BCUT2D eigenvalue weighted by atomic mass is 32.2. The van der Waals surface area contributed by atoms with E-state index < -0.39 is 21.8 Å². The maximum Gasteiger partial charge on any atom is 0.328 e. The van der Waals surface area contributed by atoms with Crippen LogP contribution in [0.2, 0.25) is 0 Å². The SMILES string of the molecule is COC(=O)C1CCCCN1C(=O)CCS(C)(=O)=O. The number of amides is 1. The summed E-state index contributed by atoms with van der Waals surface area (Å²) < 4.78 is 26.7. The highest BCUT2D eigenvalue weighted by molar-refractivity contribution is 7.90. The van der Waals surface area contributed by atoms with Crippen molar-refractivity contribution >= 4 is 21.7 Å². The largest absolute Gasteiger partial charge is 0.467 e. The van der Waals surface area contributed by atoms with Crippen molar-refractivity contribution in [2.75, 3.05) is 25.7 Å². The summed E-state index contributed by atoms with van der Waals surface area (Å²) >= 11 is 0. The molecule has 1 fully saturated rings. The van der Waals surface area contributed by atoms with Gasteiger partial charge < -0.3 is 9.64 Å². The first kappa shape index (κ1) is 14.9. The minimum absolute atomic E-state index is 0.0771. The number of hydrogen-bond acceptors (Lipinski definition) is 5. The van der Waals surface area contributed by atoms with Gasteiger partial charge in [-0.1, -0.05) is 0 Å². The predicted octanol–water partition coefficient (Wildman–Crippen LogP) is -0.0248. The van der Waals surface area contributed by atoms with Crippen LogP contribution in [0.1, 0.15) is 25.7 Å². The van der Waals surface area contributed by atoms with Crippen molar-refractivity contribution in [2.45, 2.75) is 31.7 Å². The first-order valence-electron chi connectivity index (χ1n) is 5.90. The molecule has 0 aromatic rings. The second kappa shape index (κ2) is 6.17. The predicted molar refractivity (Wildman–Crippen MR) is 65.7 cm³/mol. The summed E-state index contributed by atoms with van der Waals surface area (Å²) in [6.07, 6.45) is 3.30. The number of nitrogens with zero attached hydrogens (tertiary/aromatic N) is 1. The lowest BCUT2D eigenvalue weighted by atomic mass is 10.0. The van der Waals surface area contributed by atoms with Crippen molar-refractivity contribution in [3.05, 3.63) is 0 Å². The molecule has 1 aliphatic heterocycles. The molecular formula is C11H19NO5S. The molecule has 0 radical (unpaired) electrons. The van der Waals surface area contributed by atoms with E-state index in [1.165, 1.54) is 12.0 Å². The molecule has 1 atom stereocenters. The fourth-order valence-electron chi connectivity index (χ4n) is 2.03. The highest BCUT2D eigenvalue weighted by Crippen LogP contribution is 2.19. The molecule has 18 heavy (non-hydrogen) atoms. The molecule has 0 aliphatic carbocycles. The lowest BCUT2D eigenvalue weighted by Crippen LogP contribution is -2.48. The minimum Gasteiger partial charge on any atom is -0.467 e. The van der Waals surface area contributed by atoms with Gasteiger partial charge in [0.25, 0.3) is 0 Å². The zero-order valence-electron chi connectivity index (χ0n) is 10.7. The molecule has 0 spiro atoms. The maximum atomic E-state index is 11.9. The summed E-state index contributed by atoms with van der Waals surface area (Å²) in [4.78, 5) is 24.9. The van der Waals surface area contributed by atoms with E-state index in [4.69, 9.17) is 0 Å². The van der Waals surface area contributed by atoms with Crippen LogP contribution in [-0.2, 0) is 24.2 Å². The lowest BCUT2D eigenvalue weighted by Gasteiger charge is -2.33. The van der Waals surface area contributed by atoms with E-state index in [1.807, 2.05) is 0 Å². The standard InChI is InChI=1S/C11H19NO5S/c1-17-11(14)9-5-3-4-7-12(9)10(13)6-8-18(2,15)16/h9H,3-8H2,1-2H3. The normalized spacial score (nSPS) is 20.6. The number of likely N-dealkylation sites (tertiary alicyclic amines) is 1. The van der Waals surface area contributed by atoms with Gasteiger partial charge in [-0.15, -0.1) is 0 Å². The van der Waals surface area contributed by atoms with E-state index in [0.29, 0.717) is 13.0 Å².